The van der Waals surface area contributed by atoms with Gasteiger partial charge in [0.1, 0.15) is 5.75 Å². The number of amides is 1. The largest absolute Gasteiger partial charge is 0.496 e. The molecule has 0 fully saturated rings. The molecule has 2 aromatic rings. The average molecular weight is 382 g/mol. The smallest absolute Gasteiger partial charge is 0.257 e. The van der Waals surface area contributed by atoms with Crippen LogP contribution in [0.25, 0.3) is 0 Å². The molecule has 0 aliphatic carbocycles. The summed E-state index contributed by atoms with van der Waals surface area (Å²) in [6, 6.07) is 5.25. The number of aromatic nitrogens is 1. The molecule has 0 atom stereocenters. The van der Waals surface area contributed by atoms with E-state index in [0.717, 1.165) is 29.7 Å². The van der Waals surface area contributed by atoms with E-state index in [4.69, 9.17) is 4.74 Å². The van der Waals surface area contributed by atoms with E-state index in [1.807, 2.05) is 0 Å². The average Bonchev–Trinajstić information content (AvgIpc) is 2.88. The van der Waals surface area contributed by atoms with Crippen molar-refractivity contribution in [2.24, 2.45) is 0 Å². The van der Waals surface area contributed by atoms with Crippen molar-refractivity contribution in [1.29, 1.82) is 0 Å². The van der Waals surface area contributed by atoms with E-state index < -0.39 is 0 Å². The minimum absolute atomic E-state index is 0.164. The molecule has 1 aliphatic rings. The van der Waals surface area contributed by atoms with Gasteiger partial charge >= 0.3 is 0 Å². The van der Waals surface area contributed by atoms with E-state index >= 15 is 0 Å². The molecule has 3 rings (SSSR count). The Balaban J connectivity index is 1.76. The summed E-state index contributed by atoms with van der Waals surface area (Å²) in [7, 11) is 3.69. The number of nitrogens with one attached hydrogen (secondary N) is 1. The highest BCUT2D eigenvalue weighted by Gasteiger charge is 2.19. The number of ether oxygens (including phenoxy) is 1. The summed E-state index contributed by atoms with van der Waals surface area (Å²) in [5.74, 6) is 0.534. The third-order valence-electron chi connectivity index (χ3n) is 3.56. The number of rotatable bonds is 3. The Labute approximate surface area is 141 Å². The van der Waals surface area contributed by atoms with Gasteiger partial charge in [0.05, 0.1) is 17.3 Å². The van der Waals surface area contributed by atoms with Crippen LogP contribution in [0.3, 0.4) is 0 Å². The van der Waals surface area contributed by atoms with Gasteiger partial charge in [0.25, 0.3) is 5.91 Å². The van der Waals surface area contributed by atoms with E-state index in [2.05, 4.69) is 38.2 Å². The van der Waals surface area contributed by atoms with Crippen LogP contribution in [0.5, 0.6) is 5.75 Å². The fourth-order valence-electron chi connectivity index (χ4n) is 2.35. The van der Waals surface area contributed by atoms with Crippen LogP contribution in [0.1, 0.15) is 20.9 Å². The number of likely N-dealkylation sites (N-methyl/N-ethyl adjacent to an activating group) is 1. The van der Waals surface area contributed by atoms with Gasteiger partial charge in [-0.05, 0) is 41.2 Å². The van der Waals surface area contributed by atoms with Gasteiger partial charge in [-0.3, -0.25) is 10.1 Å². The van der Waals surface area contributed by atoms with Crippen molar-refractivity contribution in [3.05, 3.63) is 38.8 Å². The predicted octanol–water partition coefficient (Wildman–Crippen LogP) is 3.15. The molecule has 7 heteroatoms. The lowest BCUT2D eigenvalue weighted by molar-refractivity contribution is 0.102. The van der Waals surface area contributed by atoms with Gasteiger partial charge in [-0.25, -0.2) is 4.98 Å². The van der Waals surface area contributed by atoms with Crippen LogP contribution in [0, 0.1) is 0 Å². The summed E-state index contributed by atoms with van der Waals surface area (Å²) in [4.78, 5) is 20.3. The Morgan fingerprint density at radius 2 is 2.32 bits per heavy atom. The van der Waals surface area contributed by atoms with Gasteiger partial charge in [0, 0.05) is 30.0 Å². The van der Waals surface area contributed by atoms with Gasteiger partial charge in [0.2, 0.25) is 0 Å². The lowest BCUT2D eigenvalue weighted by Gasteiger charge is -2.20. The number of halogens is 1. The van der Waals surface area contributed by atoms with Crippen LogP contribution >= 0.6 is 27.3 Å². The molecule has 1 N–H and O–H groups in total. The molecule has 1 aromatic heterocycles. The van der Waals surface area contributed by atoms with Crippen molar-refractivity contribution in [2.75, 3.05) is 26.0 Å². The molecular weight excluding hydrogens is 366 g/mol. The van der Waals surface area contributed by atoms with Gasteiger partial charge < -0.3 is 9.64 Å². The topological polar surface area (TPSA) is 54.5 Å². The second-order valence-corrected chi connectivity index (χ2v) is 7.12. The van der Waals surface area contributed by atoms with Gasteiger partial charge in [-0.2, -0.15) is 0 Å². The molecule has 1 aromatic carbocycles. The van der Waals surface area contributed by atoms with Crippen molar-refractivity contribution in [3.8, 4) is 5.75 Å². The maximum absolute atomic E-state index is 12.3. The number of methoxy groups -OCH3 is 1. The Morgan fingerprint density at radius 3 is 3.05 bits per heavy atom. The van der Waals surface area contributed by atoms with Crippen LogP contribution in [-0.4, -0.2) is 36.5 Å². The monoisotopic (exact) mass is 381 g/mol. The lowest BCUT2D eigenvalue weighted by Crippen LogP contribution is -2.25. The van der Waals surface area contributed by atoms with Crippen LogP contribution in [0.15, 0.2) is 22.7 Å². The van der Waals surface area contributed by atoms with Gasteiger partial charge in [-0.1, -0.05) is 0 Å². The quantitative estimate of drug-likeness (QED) is 0.886. The zero-order valence-corrected chi connectivity index (χ0v) is 14.8. The van der Waals surface area contributed by atoms with E-state index in [-0.39, 0.29) is 5.91 Å². The number of benzene rings is 1. The van der Waals surface area contributed by atoms with E-state index in [0.29, 0.717) is 16.4 Å². The van der Waals surface area contributed by atoms with E-state index in [9.17, 15) is 4.79 Å². The first kappa shape index (κ1) is 15.5. The highest BCUT2D eigenvalue weighted by Crippen LogP contribution is 2.29. The van der Waals surface area contributed by atoms with Crippen molar-refractivity contribution in [2.45, 2.75) is 13.0 Å². The number of nitrogens with zero attached hydrogens (tertiary/aromatic N) is 2. The predicted molar refractivity (Wildman–Crippen MR) is 90.8 cm³/mol. The SMILES string of the molecule is COc1ccc(C(=O)Nc2nc3c(s2)CN(C)CC3)cc1Br. The molecule has 0 saturated heterocycles. The Bertz CT molecular complexity index is 717. The lowest BCUT2D eigenvalue weighted by atomic mass is 10.2. The van der Waals surface area contributed by atoms with E-state index in [1.165, 1.54) is 4.88 Å². The van der Waals surface area contributed by atoms with E-state index in [1.54, 1.807) is 36.6 Å². The fourth-order valence-corrected chi connectivity index (χ4v) is 3.98. The van der Waals surface area contributed by atoms with Crippen LogP contribution in [0.4, 0.5) is 5.13 Å². The number of hydrogen-bond acceptors (Lipinski definition) is 5. The number of carbonyl (C=O) groups is 1. The normalized spacial score (nSPS) is 14.5. The molecule has 0 unspecified atom stereocenters. The molecule has 0 bridgehead atoms. The second-order valence-electron chi connectivity index (χ2n) is 5.18. The first-order valence-electron chi connectivity index (χ1n) is 6.89. The Kier molecular flexibility index (Phi) is 4.46. The molecule has 116 valence electrons. The molecule has 5 nitrogen and oxygen atoms in total. The highest BCUT2D eigenvalue weighted by molar-refractivity contribution is 9.10. The number of hydrogen-bond donors (Lipinski definition) is 1. The number of anilines is 1. The summed E-state index contributed by atoms with van der Waals surface area (Å²) in [5.41, 5.74) is 1.67. The summed E-state index contributed by atoms with van der Waals surface area (Å²) in [6.07, 6.45) is 0.937. The van der Waals surface area contributed by atoms with Crippen LogP contribution < -0.4 is 10.1 Å². The second kappa shape index (κ2) is 6.36. The Morgan fingerprint density at radius 1 is 1.50 bits per heavy atom. The fraction of sp³-hybridized carbons (Fsp3) is 0.333. The maximum Gasteiger partial charge on any atom is 0.257 e. The first-order chi connectivity index (χ1) is 10.6. The highest BCUT2D eigenvalue weighted by atomic mass is 79.9. The molecule has 1 amide bonds. The molecule has 2 heterocycles. The van der Waals surface area contributed by atoms with Gasteiger partial charge in [0.15, 0.2) is 5.13 Å². The van der Waals surface area contributed by atoms with Crippen LogP contribution in [-0.2, 0) is 13.0 Å². The first-order valence-corrected chi connectivity index (χ1v) is 8.50. The molecular formula is C15H16BrN3O2S. The summed E-state index contributed by atoms with van der Waals surface area (Å²) in [5, 5.41) is 3.55. The minimum Gasteiger partial charge on any atom is -0.496 e. The van der Waals surface area contributed by atoms with Crippen molar-refractivity contribution in [3.63, 3.8) is 0 Å². The number of thiazole rings is 1. The van der Waals surface area contributed by atoms with Gasteiger partial charge in [-0.15, -0.1) is 11.3 Å². The molecule has 0 spiro atoms. The molecule has 0 saturated carbocycles. The third kappa shape index (κ3) is 3.16. The Hall–Kier alpha value is -1.44. The number of carbonyl (C=O) groups excluding carboxylic acids is 1. The summed E-state index contributed by atoms with van der Waals surface area (Å²) >= 11 is 4.94. The zero-order chi connectivity index (χ0) is 15.7. The molecule has 1 aliphatic heterocycles. The third-order valence-corrected chi connectivity index (χ3v) is 5.17. The molecule has 22 heavy (non-hydrogen) atoms. The van der Waals surface area contributed by atoms with Crippen molar-refractivity contribution < 1.29 is 9.53 Å². The van der Waals surface area contributed by atoms with Crippen LogP contribution in [0.2, 0.25) is 0 Å². The maximum atomic E-state index is 12.3. The zero-order valence-electron chi connectivity index (χ0n) is 12.4. The minimum atomic E-state index is -0.164. The molecule has 0 radical (unpaired) electrons. The van der Waals surface area contributed by atoms with Crippen molar-refractivity contribution >= 4 is 38.3 Å². The number of fused-ring (bicyclic) bond motifs is 1. The standard InChI is InChI=1S/C15H16BrN3O2S/c1-19-6-5-11-13(8-19)22-15(17-11)18-14(20)9-3-4-12(21-2)10(16)7-9/h3-4,7H,5-6,8H2,1-2H3,(H,17,18,20). The van der Waals surface area contributed by atoms with Crippen molar-refractivity contribution in [1.82, 2.24) is 9.88 Å². The summed E-state index contributed by atoms with van der Waals surface area (Å²) in [6.45, 7) is 1.91. The summed E-state index contributed by atoms with van der Waals surface area (Å²) < 4.78 is 5.92.